The summed E-state index contributed by atoms with van der Waals surface area (Å²) in [6.45, 7) is 0. The lowest BCUT2D eigenvalue weighted by Crippen LogP contribution is -2.28. The zero-order chi connectivity index (χ0) is 10.7. The molecule has 0 aliphatic carbocycles. The van der Waals surface area contributed by atoms with Crippen LogP contribution in [0.3, 0.4) is 0 Å². The van der Waals surface area contributed by atoms with E-state index in [2.05, 4.69) is 42.4 Å². The molecule has 0 amide bonds. The van der Waals surface area contributed by atoms with E-state index in [0.29, 0.717) is 0 Å². The van der Waals surface area contributed by atoms with Gasteiger partial charge in [0.25, 0.3) is 0 Å². The van der Waals surface area contributed by atoms with Gasteiger partial charge >= 0.3 is 0 Å². The zero-order valence-electron chi connectivity index (χ0n) is 7.68. The first-order valence-electron chi connectivity index (χ1n) is 4.26. The highest BCUT2D eigenvalue weighted by Crippen LogP contribution is 2.25. The Morgan fingerprint density at radius 2 is 2.47 bits per heavy atom. The molecule has 1 unspecified atom stereocenters. The third-order valence-corrected chi connectivity index (χ3v) is 4.45. The number of nitrogens with zero attached hydrogens (tertiary/aromatic N) is 2. The number of nitrogens with two attached hydrogens (primary N) is 1. The molecule has 1 atom stereocenters. The van der Waals surface area contributed by atoms with Crippen LogP contribution in [-0.4, -0.2) is 9.59 Å². The van der Waals surface area contributed by atoms with Gasteiger partial charge in [-0.05, 0) is 33.5 Å². The second-order valence-corrected chi connectivity index (χ2v) is 5.70. The Kier molecular flexibility index (Phi) is 3.81. The molecule has 0 aromatic carbocycles. The van der Waals surface area contributed by atoms with Crippen LogP contribution in [0.15, 0.2) is 22.1 Å². The Morgan fingerprint density at radius 1 is 1.60 bits per heavy atom. The van der Waals surface area contributed by atoms with E-state index in [1.54, 1.807) is 17.5 Å². The summed E-state index contributed by atoms with van der Waals surface area (Å²) in [6.07, 6.45) is 2.61. The molecule has 0 fully saturated rings. The summed E-state index contributed by atoms with van der Waals surface area (Å²) in [5, 5.41) is 5.87. The summed E-state index contributed by atoms with van der Waals surface area (Å²) in [4.78, 5) is 2.33. The summed E-state index contributed by atoms with van der Waals surface area (Å²) < 4.78 is 4.94. The average Bonchev–Trinajstić information content (AvgIpc) is 2.85. The molecule has 0 bridgehead atoms. The van der Waals surface area contributed by atoms with Crippen molar-refractivity contribution in [2.24, 2.45) is 5.84 Å². The quantitative estimate of drug-likeness (QED) is 0.671. The Morgan fingerprint density at radius 3 is 3.00 bits per heavy atom. The molecule has 3 N–H and O–H groups in total. The molecule has 2 aromatic heterocycles. The Labute approximate surface area is 104 Å². The highest BCUT2D eigenvalue weighted by atomic mass is 79.9. The predicted octanol–water partition coefficient (Wildman–Crippen LogP) is 2.11. The second-order valence-electron chi connectivity index (χ2n) is 2.97. The van der Waals surface area contributed by atoms with Crippen molar-refractivity contribution < 1.29 is 0 Å². The molecule has 0 radical (unpaired) electrons. The molecule has 7 heteroatoms. The van der Waals surface area contributed by atoms with E-state index in [1.807, 2.05) is 0 Å². The van der Waals surface area contributed by atoms with Crippen molar-refractivity contribution in [1.82, 2.24) is 15.0 Å². The number of thiophene rings is 1. The van der Waals surface area contributed by atoms with Crippen LogP contribution in [0.5, 0.6) is 0 Å². The molecule has 15 heavy (non-hydrogen) atoms. The van der Waals surface area contributed by atoms with Gasteiger partial charge in [-0.15, -0.1) is 16.4 Å². The minimum atomic E-state index is 0.0931. The fraction of sp³-hybridized carbons (Fsp3) is 0.250. The molecule has 0 saturated carbocycles. The van der Waals surface area contributed by atoms with Crippen molar-refractivity contribution in [3.05, 3.63) is 31.9 Å². The van der Waals surface area contributed by atoms with Crippen LogP contribution < -0.4 is 11.3 Å². The molecule has 0 aliphatic rings. The maximum atomic E-state index is 5.51. The van der Waals surface area contributed by atoms with Gasteiger partial charge in [0.1, 0.15) is 0 Å². The van der Waals surface area contributed by atoms with Crippen LogP contribution >= 0.6 is 38.8 Å². The number of rotatable bonds is 4. The van der Waals surface area contributed by atoms with Gasteiger partial charge in [-0.1, -0.05) is 4.49 Å². The fourth-order valence-electron chi connectivity index (χ4n) is 1.23. The van der Waals surface area contributed by atoms with Crippen LogP contribution in [0.4, 0.5) is 0 Å². The second kappa shape index (κ2) is 5.13. The van der Waals surface area contributed by atoms with Gasteiger partial charge in [0.2, 0.25) is 0 Å². The monoisotopic (exact) mass is 304 g/mol. The standard InChI is InChI=1S/C8H9BrN4S2/c9-5-1-6(14-4-5)2-7(12-10)8-3-11-13-15-8/h1,3-4,7,12H,2,10H2. The number of hydrazine groups is 1. The van der Waals surface area contributed by atoms with Gasteiger partial charge in [0.05, 0.1) is 17.1 Å². The van der Waals surface area contributed by atoms with Gasteiger partial charge in [-0.2, -0.15) is 0 Å². The van der Waals surface area contributed by atoms with Crippen molar-refractivity contribution in [3.63, 3.8) is 0 Å². The van der Waals surface area contributed by atoms with E-state index in [0.717, 1.165) is 15.8 Å². The van der Waals surface area contributed by atoms with Crippen LogP contribution in [0.2, 0.25) is 0 Å². The average molecular weight is 305 g/mol. The Bertz CT molecular complexity index is 414. The molecule has 2 rings (SSSR count). The lowest BCUT2D eigenvalue weighted by Gasteiger charge is -2.11. The topological polar surface area (TPSA) is 63.8 Å². The van der Waals surface area contributed by atoms with Gasteiger partial charge in [-0.3, -0.25) is 11.3 Å². The first-order chi connectivity index (χ1) is 7.29. The van der Waals surface area contributed by atoms with Gasteiger partial charge in [0.15, 0.2) is 0 Å². The highest BCUT2D eigenvalue weighted by Gasteiger charge is 2.13. The van der Waals surface area contributed by atoms with E-state index in [1.165, 1.54) is 16.4 Å². The minimum Gasteiger partial charge on any atom is -0.271 e. The predicted molar refractivity (Wildman–Crippen MR) is 65.7 cm³/mol. The number of nitrogens with one attached hydrogen (secondary N) is 1. The van der Waals surface area contributed by atoms with E-state index < -0.39 is 0 Å². The molecule has 2 aromatic rings. The number of halogens is 1. The third-order valence-electron chi connectivity index (χ3n) is 1.95. The van der Waals surface area contributed by atoms with Crippen molar-refractivity contribution in [2.45, 2.75) is 12.5 Å². The molecule has 0 saturated heterocycles. The Balaban J connectivity index is 2.09. The van der Waals surface area contributed by atoms with Crippen molar-refractivity contribution in [1.29, 1.82) is 0 Å². The fourth-order valence-corrected chi connectivity index (χ4v) is 3.29. The summed E-state index contributed by atoms with van der Waals surface area (Å²) in [6, 6.07) is 2.19. The minimum absolute atomic E-state index is 0.0931. The first kappa shape index (κ1) is 11.2. The smallest absolute Gasteiger partial charge is 0.0670 e. The van der Waals surface area contributed by atoms with Crippen molar-refractivity contribution in [2.75, 3.05) is 0 Å². The van der Waals surface area contributed by atoms with E-state index >= 15 is 0 Å². The SMILES string of the molecule is NNC(Cc1cc(Br)cs1)c1cnns1. The molecule has 0 spiro atoms. The number of hydrogen-bond donors (Lipinski definition) is 2. The summed E-state index contributed by atoms with van der Waals surface area (Å²) >= 11 is 6.51. The molecular weight excluding hydrogens is 296 g/mol. The molecule has 0 aliphatic heterocycles. The lowest BCUT2D eigenvalue weighted by molar-refractivity contribution is 0.563. The summed E-state index contributed by atoms with van der Waals surface area (Å²) in [5.74, 6) is 5.51. The maximum absolute atomic E-state index is 5.51. The van der Waals surface area contributed by atoms with Crippen LogP contribution in [0, 0.1) is 0 Å². The summed E-state index contributed by atoms with van der Waals surface area (Å²) in [7, 11) is 0. The first-order valence-corrected chi connectivity index (χ1v) is 6.70. The Hall–Kier alpha value is -0.340. The zero-order valence-corrected chi connectivity index (χ0v) is 10.9. The third kappa shape index (κ3) is 2.82. The normalized spacial score (nSPS) is 12.9. The molecule has 2 heterocycles. The van der Waals surface area contributed by atoms with Gasteiger partial charge in [-0.25, -0.2) is 0 Å². The van der Waals surface area contributed by atoms with Crippen LogP contribution in [0.1, 0.15) is 15.8 Å². The number of hydrogen-bond acceptors (Lipinski definition) is 6. The molecule has 80 valence electrons. The van der Waals surface area contributed by atoms with Gasteiger partial charge < -0.3 is 0 Å². The lowest BCUT2D eigenvalue weighted by atomic mass is 10.2. The summed E-state index contributed by atoms with van der Waals surface area (Å²) in [5.41, 5.74) is 2.78. The number of aromatic nitrogens is 2. The van der Waals surface area contributed by atoms with E-state index in [-0.39, 0.29) is 6.04 Å². The maximum Gasteiger partial charge on any atom is 0.0670 e. The van der Waals surface area contributed by atoms with Crippen molar-refractivity contribution in [3.8, 4) is 0 Å². The van der Waals surface area contributed by atoms with E-state index in [9.17, 15) is 0 Å². The molecular formula is C8H9BrN4S2. The van der Waals surface area contributed by atoms with E-state index in [4.69, 9.17) is 5.84 Å². The largest absolute Gasteiger partial charge is 0.271 e. The van der Waals surface area contributed by atoms with Crippen LogP contribution in [0.25, 0.3) is 0 Å². The van der Waals surface area contributed by atoms with Crippen molar-refractivity contribution >= 4 is 38.8 Å². The molecule has 4 nitrogen and oxygen atoms in total. The highest BCUT2D eigenvalue weighted by molar-refractivity contribution is 9.10. The van der Waals surface area contributed by atoms with Crippen LogP contribution in [-0.2, 0) is 6.42 Å². The van der Waals surface area contributed by atoms with Gasteiger partial charge in [0, 0.05) is 21.2 Å².